The molecule has 0 saturated carbocycles. The van der Waals surface area contributed by atoms with Crippen molar-refractivity contribution in [3.05, 3.63) is 61.6 Å². The average Bonchev–Trinajstić information content (AvgIpc) is 2.85. The molecule has 8 heteroatoms. The predicted molar refractivity (Wildman–Crippen MR) is 108 cm³/mol. The van der Waals surface area contributed by atoms with Crippen LogP contribution in [0, 0.1) is 0 Å². The van der Waals surface area contributed by atoms with Crippen LogP contribution in [-0.4, -0.2) is 18.7 Å². The van der Waals surface area contributed by atoms with Gasteiger partial charge in [0, 0.05) is 10.6 Å². The van der Waals surface area contributed by atoms with E-state index in [9.17, 15) is 4.79 Å². The monoisotopic (exact) mass is 428 g/mol. The lowest BCUT2D eigenvalue weighted by Crippen LogP contribution is -2.21. The third-order valence-corrected chi connectivity index (χ3v) is 4.99. The van der Waals surface area contributed by atoms with Gasteiger partial charge < -0.3 is 4.74 Å². The van der Waals surface area contributed by atoms with Crippen molar-refractivity contribution in [2.45, 2.75) is 6.92 Å². The highest BCUT2D eigenvalue weighted by molar-refractivity contribution is 6.42. The molecule has 0 aliphatic carbocycles. The van der Waals surface area contributed by atoms with Gasteiger partial charge >= 0.3 is 0 Å². The van der Waals surface area contributed by atoms with Crippen molar-refractivity contribution < 1.29 is 9.53 Å². The van der Waals surface area contributed by atoms with Crippen molar-refractivity contribution in [1.82, 2.24) is 0 Å². The van der Waals surface area contributed by atoms with Gasteiger partial charge in [-0.1, -0.05) is 46.4 Å². The van der Waals surface area contributed by atoms with Gasteiger partial charge in [0.2, 0.25) is 0 Å². The zero-order valence-corrected chi connectivity index (χ0v) is 16.7. The number of hydrogen-bond acceptors (Lipinski definition) is 3. The fourth-order valence-electron chi connectivity index (χ4n) is 2.53. The van der Waals surface area contributed by atoms with E-state index < -0.39 is 0 Å². The van der Waals surface area contributed by atoms with Gasteiger partial charge in [-0.15, -0.1) is 0 Å². The number of amides is 1. The third-order valence-electron chi connectivity index (χ3n) is 3.75. The first-order chi connectivity index (χ1) is 12.3. The van der Waals surface area contributed by atoms with Gasteiger partial charge in [0.05, 0.1) is 39.1 Å². The zero-order chi connectivity index (χ0) is 19.0. The van der Waals surface area contributed by atoms with E-state index in [0.29, 0.717) is 48.4 Å². The molecule has 0 aromatic heterocycles. The standard InChI is InChI=1S/C18H12Cl4N2O2/c1-9-13(6-10-5-11(19)7-16(22)17(10)26-2)18(25)24(23-9)12-3-4-14(20)15(21)8-12/h3-8H,1-2H3/b13-6-. The first-order valence-corrected chi connectivity index (χ1v) is 8.93. The number of nitrogens with zero attached hydrogens (tertiary/aromatic N) is 2. The van der Waals surface area contributed by atoms with Crippen LogP contribution in [-0.2, 0) is 4.79 Å². The lowest BCUT2D eigenvalue weighted by molar-refractivity contribution is -0.114. The summed E-state index contributed by atoms with van der Waals surface area (Å²) in [7, 11) is 1.50. The Bertz CT molecular complexity index is 970. The van der Waals surface area contributed by atoms with E-state index in [1.165, 1.54) is 12.1 Å². The lowest BCUT2D eigenvalue weighted by Gasteiger charge is -2.13. The fraction of sp³-hybridized carbons (Fsp3) is 0.111. The number of carbonyl (C=O) groups is 1. The molecular formula is C18H12Cl4N2O2. The van der Waals surface area contributed by atoms with Crippen LogP contribution in [0.25, 0.3) is 6.08 Å². The minimum Gasteiger partial charge on any atom is -0.495 e. The van der Waals surface area contributed by atoms with Gasteiger partial charge in [0.15, 0.2) is 0 Å². The number of anilines is 1. The molecule has 0 bridgehead atoms. The number of halogens is 4. The van der Waals surface area contributed by atoms with Gasteiger partial charge in [-0.05, 0) is 43.3 Å². The van der Waals surface area contributed by atoms with E-state index in [-0.39, 0.29) is 5.91 Å². The average molecular weight is 430 g/mol. The molecular weight excluding hydrogens is 418 g/mol. The van der Waals surface area contributed by atoms with E-state index in [1.54, 1.807) is 43.3 Å². The molecule has 0 radical (unpaired) electrons. The molecule has 0 atom stereocenters. The first kappa shape index (κ1) is 19.1. The summed E-state index contributed by atoms with van der Waals surface area (Å²) in [5.41, 5.74) is 2.04. The summed E-state index contributed by atoms with van der Waals surface area (Å²) in [5, 5.41) is 7.11. The maximum absolute atomic E-state index is 12.8. The summed E-state index contributed by atoms with van der Waals surface area (Å²) in [4.78, 5) is 12.8. The molecule has 0 saturated heterocycles. The number of benzene rings is 2. The van der Waals surface area contributed by atoms with Crippen molar-refractivity contribution in [3.63, 3.8) is 0 Å². The van der Waals surface area contributed by atoms with E-state index in [0.717, 1.165) is 0 Å². The first-order valence-electron chi connectivity index (χ1n) is 7.41. The Labute approximate surface area is 170 Å². The van der Waals surface area contributed by atoms with Crippen molar-refractivity contribution in [3.8, 4) is 5.75 Å². The molecule has 3 rings (SSSR count). The van der Waals surface area contributed by atoms with Gasteiger partial charge in [-0.25, -0.2) is 0 Å². The summed E-state index contributed by atoms with van der Waals surface area (Å²) in [6.07, 6.45) is 1.65. The molecule has 2 aromatic carbocycles. The number of methoxy groups -OCH3 is 1. The Morgan fingerprint density at radius 3 is 2.42 bits per heavy atom. The summed E-state index contributed by atoms with van der Waals surface area (Å²) in [5.74, 6) is 0.121. The van der Waals surface area contributed by atoms with E-state index in [4.69, 9.17) is 51.1 Å². The number of hydrogen-bond donors (Lipinski definition) is 0. The lowest BCUT2D eigenvalue weighted by atomic mass is 10.1. The van der Waals surface area contributed by atoms with Gasteiger partial charge in [-0.3, -0.25) is 4.79 Å². The molecule has 0 unspecified atom stereocenters. The maximum atomic E-state index is 12.8. The molecule has 1 amide bonds. The molecule has 4 nitrogen and oxygen atoms in total. The second-order valence-corrected chi connectivity index (χ2v) is 7.13. The van der Waals surface area contributed by atoms with Crippen LogP contribution in [0.2, 0.25) is 20.1 Å². The minimum atomic E-state index is -0.306. The molecule has 26 heavy (non-hydrogen) atoms. The fourth-order valence-corrected chi connectivity index (χ4v) is 3.41. The quantitative estimate of drug-likeness (QED) is 0.552. The number of rotatable bonds is 3. The van der Waals surface area contributed by atoms with Crippen molar-refractivity contribution in [2.24, 2.45) is 5.10 Å². The van der Waals surface area contributed by atoms with E-state index in [1.807, 2.05) is 0 Å². The Kier molecular flexibility index (Phi) is 5.49. The third kappa shape index (κ3) is 3.55. The highest BCUT2D eigenvalue weighted by Crippen LogP contribution is 2.35. The van der Waals surface area contributed by atoms with Crippen molar-refractivity contribution >= 4 is 69.8 Å². The Morgan fingerprint density at radius 2 is 1.77 bits per heavy atom. The summed E-state index contributed by atoms with van der Waals surface area (Å²) in [6, 6.07) is 8.10. The Morgan fingerprint density at radius 1 is 1.04 bits per heavy atom. The van der Waals surface area contributed by atoms with Gasteiger partial charge in [0.25, 0.3) is 5.91 Å². The largest absolute Gasteiger partial charge is 0.495 e. The summed E-state index contributed by atoms with van der Waals surface area (Å²) >= 11 is 24.2. The van der Waals surface area contributed by atoms with Crippen LogP contribution in [0.1, 0.15) is 12.5 Å². The number of ether oxygens (including phenoxy) is 1. The van der Waals surface area contributed by atoms with Crippen LogP contribution in [0.5, 0.6) is 5.75 Å². The minimum absolute atomic E-state index is 0.306. The maximum Gasteiger partial charge on any atom is 0.280 e. The molecule has 134 valence electrons. The molecule has 1 aliphatic heterocycles. The summed E-state index contributed by atoms with van der Waals surface area (Å²) < 4.78 is 5.32. The Balaban J connectivity index is 2.03. The normalized spacial score (nSPS) is 15.6. The van der Waals surface area contributed by atoms with Gasteiger partial charge in [-0.2, -0.15) is 10.1 Å². The van der Waals surface area contributed by atoms with Crippen molar-refractivity contribution in [2.75, 3.05) is 12.1 Å². The van der Waals surface area contributed by atoms with Gasteiger partial charge in [0.1, 0.15) is 5.75 Å². The van der Waals surface area contributed by atoms with Crippen LogP contribution >= 0.6 is 46.4 Å². The van der Waals surface area contributed by atoms with Crippen LogP contribution in [0.4, 0.5) is 5.69 Å². The molecule has 1 heterocycles. The smallest absolute Gasteiger partial charge is 0.280 e. The number of hydrazone groups is 1. The predicted octanol–water partition coefficient (Wildman–Crippen LogP) is 6.11. The topological polar surface area (TPSA) is 41.9 Å². The highest BCUT2D eigenvalue weighted by Gasteiger charge is 2.29. The van der Waals surface area contributed by atoms with Crippen LogP contribution in [0.15, 0.2) is 41.0 Å². The van der Waals surface area contributed by atoms with Crippen LogP contribution < -0.4 is 9.75 Å². The second kappa shape index (κ2) is 7.49. The Hall–Kier alpha value is -1.72. The van der Waals surface area contributed by atoms with E-state index >= 15 is 0 Å². The zero-order valence-electron chi connectivity index (χ0n) is 13.7. The molecule has 2 aromatic rings. The van der Waals surface area contributed by atoms with E-state index in [2.05, 4.69) is 5.10 Å². The highest BCUT2D eigenvalue weighted by atomic mass is 35.5. The molecule has 0 fully saturated rings. The molecule has 0 N–H and O–H groups in total. The number of carbonyl (C=O) groups excluding carboxylic acids is 1. The van der Waals surface area contributed by atoms with Crippen LogP contribution in [0.3, 0.4) is 0 Å². The molecule has 1 aliphatic rings. The SMILES string of the molecule is COc1c(Cl)cc(Cl)cc1/C=C1\C(=O)N(c2ccc(Cl)c(Cl)c2)N=C1C. The molecule has 0 spiro atoms. The summed E-state index contributed by atoms with van der Waals surface area (Å²) in [6.45, 7) is 1.74. The van der Waals surface area contributed by atoms with Crippen molar-refractivity contribution in [1.29, 1.82) is 0 Å². The second-order valence-electron chi connectivity index (χ2n) is 5.47.